The standard InChI is InChI=1S/C18H28O3Si/c1-18(2,22(4,5)20)12-14-8-13(11-17(19)21-3)9-16(10-14)15-6-7-15/h8-10,15,20H,6-7,11-12H2,1-5H3. The molecule has 0 radical (unpaired) electrons. The molecule has 0 bridgehead atoms. The lowest BCUT2D eigenvalue weighted by Crippen LogP contribution is -2.40. The summed E-state index contributed by atoms with van der Waals surface area (Å²) in [5, 5.41) is -0.0995. The SMILES string of the molecule is COC(=O)Cc1cc(CC(C)(C)[Si](C)(C)O)cc(C2CC2)c1. The minimum absolute atomic E-state index is 0.0995. The van der Waals surface area contributed by atoms with Crippen LogP contribution in [0.3, 0.4) is 0 Å². The Balaban J connectivity index is 2.28. The Morgan fingerprint density at radius 3 is 2.36 bits per heavy atom. The highest BCUT2D eigenvalue weighted by Crippen LogP contribution is 2.43. The van der Waals surface area contributed by atoms with Gasteiger partial charge in [0.05, 0.1) is 13.5 Å². The normalized spacial score (nSPS) is 15.7. The number of ether oxygens (including phenoxy) is 1. The van der Waals surface area contributed by atoms with E-state index in [-0.39, 0.29) is 11.0 Å². The monoisotopic (exact) mass is 320 g/mol. The van der Waals surface area contributed by atoms with Gasteiger partial charge < -0.3 is 9.53 Å². The van der Waals surface area contributed by atoms with Gasteiger partial charge in [0.2, 0.25) is 0 Å². The Morgan fingerprint density at radius 2 is 1.86 bits per heavy atom. The zero-order valence-electron chi connectivity index (χ0n) is 14.4. The number of hydrogen-bond donors (Lipinski definition) is 1. The molecule has 0 spiro atoms. The third-order valence-corrected chi connectivity index (χ3v) is 8.49. The Labute approximate surface area is 134 Å². The zero-order valence-corrected chi connectivity index (χ0v) is 15.4. The summed E-state index contributed by atoms with van der Waals surface area (Å²) in [6, 6.07) is 6.51. The molecular formula is C18H28O3Si. The number of hydrogen-bond acceptors (Lipinski definition) is 3. The topological polar surface area (TPSA) is 46.5 Å². The molecule has 1 aliphatic rings. The summed E-state index contributed by atoms with van der Waals surface area (Å²) in [5.74, 6) is 0.453. The molecule has 0 saturated heterocycles. The number of esters is 1. The first-order valence-corrected chi connectivity index (χ1v) is 11.0. The molecule has 2 rings (SSSR count). The maximum absolute atomic E-state index is 11.6. The fourth-order valence-corrected chi connectivity index (χ4v) is 3.25. The minimum atomic E-state index is -2.24. The average Bonchev–Trinajstić information content (AvgIpc) is 3.20. The lowest BCUT2D eigenvalue weighted by Gasteiger charge is -2.35. The van der Waals surface area contributed by atoms with Crippen LogP contribution in [0.1, 0.15) is 49.3 Å². The molecule has 1 aliphatic carbocycles. The Kier molecular flexibility index (Phi) is 4.83. The molecule has 3 nitrogen and oxygen atoms in total. The fourth-order valence-electron chi connectivity index (χ4n) is 2.61. The Hall–Kier alpha value is -1.13. The average molecular weight is 321 g/mol. The van der Waals surface area contributed by atoms with Crippen LogP contribution in [0.15, 0.2) is 18.2 Å². The van der Waals surface area contributed by atoms with Crippen LogP contribution in [0.25, 0.3) is 0 Å². The van der Waals surface area contributed by atoms with Crippen molar-refractivity contribution in [1.29, 1.82) is 0 Å². The predicted molar refractivity (Wildman–Crippen MR) is 91.6 cm³/mol. The summed E-state index contributed by atoms with van der Waals surface area (Å²) >= 11 is 0. The molecule has 0 atom stereocenters. The van der Waals surface area contributed by atoms with Gasteiger partial charge in [-0.3, -0.25) is 4.79 Å². The van der Waals surface area contributed by atoms with Gasteiger partial charge >= 0.3 is 5.97 Å². The lowest BCUT2D eigenvalue weighted by molar-refractivity contribution is -0.139. The van der Waals surface area contributed by atoms with E-state index in [0.717, 1.165) is 12.0 Å². The van der Waals surface area contributed by atoms with Crippen LogP contribution in [0.4, 0.5) is 0 Å². The van der Waals surface area contributed by atoms with Crippen molar-refractivity contribution in [3.05, 3.63) is 34.9 Å². The molecule has 0 heterocycles. The molecule has 1 saturated carbocycles. The molecule has 1 aromatic rings. The molecule has 122 valence electrons. The first-order valence-electron chi connectivity index (χ1n) is 8.04. The van der Waals surface area contributed by atoms with E-state index < -0.39 is 8.32 Å². The van der Waals surface area contributed by atoms with E-state index in [1.54, 1.807) is 0 Å². The van der Waals surface area contributed by atoms with Crippen molar-refractivity contribution in [3.8, 4) is 0 Å². The highest BCUT2D eigenvalue weighted by Gasteiger charge is 2.38. The van der Waals surface area contributed by atoms with Gasteiger partial charge in [-0.05, 0) is 60.0 Å². The molecule has 0 aromatic heterocycles. The van der Waals surface area contributed by atoms with Crippen molar-refractivity contribution in [2.75, 3.05) is 7.11 Å². The molecule has 22 heavy (non-hydrogen) atoms. The van der Waals surface area contributed by atoms with E-state index in [9.17, 15) is 9.59 Å². The van der Waals surface area contributed by atoms with E-state index in [1.165, 1.54) is 31.1 Å². The van der Waals surface area contributed by atoms with Crippen molar-refractivity contribution in [2.24, 2.45) is 0 Å². The van der Waals surface area contributed by atoms with Gasteiger partial charge in [0, 0.05) is 0 Å². The van der Waals surface area contributed by atoms with Gasteiger partial charge in [0.15, 0.2) is 8.32 Å². The molecule has 1 aromatic carbocycles. The smallest absolute Gasteiger partial charge is 0.309 e. The first-order chi connectivity index (χ1) is 10.1. The van der Waals surface area contributed by atoms with Crippen molar-refractivity contribution in [1.82, 2.24) is 0 Å². The van der Waals surface area contributed by atoms with Crippen LogP contribution in [-0.2, 0) is 22.4 Å². The van der Waals surface area contributed by atoms with Crippen molar-refractivity contribution >= 4 is 14.3 Å². The summed E-state index contributed by atoms with van der Waals surface area (Å²) in [6.07, 6.45) is 3.65. The highest BCUT2D eigenvalue weighted by atomic mass is 28.4. The van der Waals surface area contributed by atoms with Crippen molar-refractivity contribution in [3.63, 3.8) is 0 Å². The van der Waals surface area contributed by atoms with E-state index in [4.69, 9.17) is 4.74 Å². The Bertz CT molecular complexity index is 554. The van der Waals surface area contributed by atoms with E-state index in [1.807, 2.05) is 13.1 Å². The number of benzene rings is 1. The second-order valence-corrected chi connectivity index (χ2v) is 12.2. The summed E-state index contributed by atoms with van der Waals surface area (Å²) in [7, 11) is -0.817. The maximum Gasteiger partial charge on any atom is 0.309 e. The van der Waals surface area contributed by atoms with Crippen LogP contribution < -0.4 is 0 Å². The largest absolute Gasteiger partial charge is 0.469 e. The number of methoxy groups -OCH3 is 1. The van der Waals surface area contributed by atoms with Gasteiger partial charge in [-0.25, -0.2) is 0 Å². The lowest BCUT2D eigenvalue weighted by atomic mass is 9.95. The van der Waals surface area contributed by atoms with Gasteiger partial charge in [-0.15, -0.1) is 0 Å². The van der Waals surface area contributed by atoms with E-state index in [0.29, 0.717) is 12.3 Å². The second-order valence-electron chi connectivity index (χ2n) is 7.73. The number of carbonyl (C=O) groups is 1. The number of rotatable bonds is 6. The molecule has 1 fully saturated rings. The van der Waals surface area contributed by atoms with E-state index in [2.05, 4.69) is 32.0 Å². The minimum Gasteiger partial charge on any atom is -0.469 e. The summed E-state index contributed by atoms with van der Waals surface area (Å²) < 4.78 is 4.79. The summed E-state index contributed by atoms with van der Waals surface area (Å²) in [4.78, 5) is 22.1. The number of carbonyl (C=O) groups excluding carboxylic acids is 1. The third-order valence-electron chi connectivity index (χ3n) is 5.00. The van der Waals surface area contributed by atoms with Crippen LogP contribution in [0.5, 0.6) is 0 Å². The van der Waals surface area contributed by atoms with Crippen LogP contribution in [-0.4, -0.2) is 26.2 Å². The van der Waals surface area contributed by atoms with Crippen molar-refractivity contribution in [2.45, 2.75) is 63.6 Å². The van der Waals surface area contributed by atoms with Gasteiger partial charge in [-0.2, -0.15) is 0 Å². The third kappa shape index (κ3) is 4.20. The summed E-state index contributed by atoms with van der Waals surface area (Å²) in [6.45, 7) is 8.27. The van der Waals surface area contributed by atoms with Gasteiger partial charge in [0.25, 0.3) is 0 Å². The van der Waals surface area contributed by atoms with E-state index >= 15 is 0 Å². The predicted octanol–water partition coefficient (Wildman–Crippen LogP) is 3.80. The van der Waals surface area contributed by atoms with Crippen molar-refractivity contribution < 1.29 is 14.3 Å². The second kappa shape index (κ2) is 6.17. The molecule has 1 N–H and O–H groups in total. The molecule has 0 aliphatic heterocycles. The zero-order chi connectivity index (χ0) is 16.5. The summed E-state index contributed by atoms with van der Waals surface area (Å²) in [5.41, 5.74) is 3.59. The Morgan fingerprint density at radius 1 is 1.27 bits per heavy atom. The highest BCUT2D eigenvalue weighted by molar-refractivity contribution is 6.72. The van der Waals surface area contributed by atoms with Crippen LogP contribution >= 0.6 is 0 Å². The molecule has 0 unspecified atom stereocenters. The quantitative estimate of drug-likeness (QED) is 0.640. The molecular weight excluding hydrogens is 292 g/mol. The van der Waals surface area contributed by atoms with Gasteiger partial charge in [-0.1, -0.05) is 32.0 Å². The fraction of sp³-hybridized carbons (Fsp3) is 0.611. The maximum atomic E-state index is 11.6. The first kappa shape index (κ1) is 17.2. The molecule has 0 amide bonds. The van der Waals surface area contributed by atoms with Crippen LogP contribution in [0, 0.1) is 0 Å². The molecule has 4 heteroatoms. The van der Waals surface area contributed by atoms with Crippen LogP contribution in [0.2, 0.25) is 18.1 Å². The van der Waals surface area contributed by atoms with Gasteiger partial charge in [0.1, 0.15) is 0 Å².